The Balaban J connectivity index is 1.70. The zero-order valence-electron chi connectivity index (χ0n) is 11.6. The fourth-order valence-corrected chi connectivity index (χ4v) is 2.52. The number of aromatic amines is 1. The van der Waals surface area contributed by atoms with Crippen LogP contribution in [0.2, 0.25) is 0 Å². The number of aromatic nitrogens is 1. The summed E-state index contributed by atoms with van der Waals surface area (Å²) < 4.78 is 5.63. The normalized spacial score (nSPS) is 19.1. The van der Waals surface area contributed by atoms with E-state index in [4.69, 9.17) is 4.74 Å². The molecule has 1 aromatic heterocycles. The fraction of sp³-hybridized carbons (Fsp3) is 0.400. The Hall–Kier alpha value is -1.85. The third-order valence-electron chi connectivity index (χ3n) is 3.59. The van der Waals surface area contributed by atoms with Gasteiger partial charge in [0, 0.05) is 37.6 Å². The quantitative estimate of drug-likeness (QED) is 0.884. The molecule has 1 saturated heterocycles. The smallest absolute Gasteiger partial charge is 0.270 e. The van der Waals surface area contributed by atoms with Crippen molar-refractivity contribution >= 4 is 16.8 Å². The third-order valence-corrected chi connectivity index (χ3v) is 3.59. The number of ether oxygens (including phenoxy) is 1. The predicted octanol–water partition coefficient (Wildman–Crippen LogP) is 1.23. The lowest BCUT2D eigenvalue weighted by Crippen LogP contribution is -2.45. The summed E-state index contributed by atoms with van der Waals surface area (Å²) in [6.07, 6.45) is 0.0714. The number of nitrogens with zero attached hydrogens (tertiary/aromatic N) is 1. The minimum absolute atomic E-state index is 0.00428. The first-order valence-corrected chi connectivity index (χ1v) is 6.89. The number of carbonyl (C=O) groups is 1. The van der Waals surface area contributed by atoms with Crippen LogP contribution in [0.5, 0.6) is 0 Å². The summed E-state index contributed by atoms with van der Waals surface area (Å²) in [4.78, 5) is 17.3. The highest BCUT2D eigenvalue weighted by atomic mass is 16.5. The molecule has 1 fully saturated rings. The molecule has 1 unspecified atom stereocenters. The monoisotopic (exact) mass is 273 g/mol. The number of likely N-dealkylation sites (N-methyl/N-ethyl adjacent to an activating group) is 1. The van der Waals surface area contributed by atoms with Crippen LogP contribution in [0.25, 0.3) is 10.9 Å². The van der Waals surface area contributed by atoms with Crippen LogP contribution in [-0.2, 0) is 4.74 Å². The number of morpholine rings is 1. The van der Waals surface area contributed by atoms with Gasteiger partial charge in [-0.3, -0.25) is 4.79 Å². The first kappa shape index (κ1) is 13.1. The van der Waals surface area contributed by atoms with Crippen molar-refractivity contribution in [3.63, 3.8) is 0 Å². The summed E-state index contributed by atoms with van der Waals surface area (Å²) in [7, 11) is 1.81. The fourth-order valence-electron chi connectivity index (χ4n) is 2.52. The van der Waals surface area contributed by atoms with Crippen molar-refractivity contribution in [2.75, 3.05) is 33.3 Å². The number of fused-ring (bicyclic) bond motifs is 1. The molecular formula is C15H19N3O2. The van der Waals surface area contributed by atoms with E-state index >= 15 is 0 Å². The van der Waals surface area contributed by atoms with Gasteiger partial charge in [0.1, 0.15) is 5.69 Å². The molecule has 0 spiro atoms. The van der Waals surface area contributed by atoms with E-state index in [1.165, 1.54) is 0 Å². The highest BCUT2D eigenvalue weighted by Gasteiger charge is 2.20. The van der Waals surface area contributed by atoms with Crippen molar-refractivity contribution in [2.45, 2.75) is 6.10 Å². The van der Waals surface area contributed by atoms with Crippen molar-refractivity contribution < 1.29 is 9.53 Å². The maximum Gasteiger partial charge on any atom is 0.270 e. The van der Waals surface area contributed by atoms with Gasteiger partial charge < -0.3 is 19.9 Å². The number of para-hydroxylation sites is 1. The van der Waals surface area contributed by atoms with Crippen LogP contribution in [0.15, 0.2) is 30.3 Å². The van der Waals surface area contributed by atoms with Crippen molar-refractivity contribution in [2.24, 2.45) is 0 Å². The molecule has 3 rings (SSSR count). The van der Waals surface area contributed by atoms with Crippen LogP contribution >= 0.6 is 0 Å². The second kappa shape index (κ2) is 5.64. The van der Waals surface area contributed by atoms with Crippen LogP contribution in [-0.4, -0.2) is 55.2 Å². The molecule has 20 heavy (non-hydrogen) atoms. The molecule has 0 radical (unpaired) electrons. The molecular weight excluding hydrogens is 254 g/mol. The van der Waals surface area contributed by atoms with Crippen LogP contribution in [0.4, 0.5) is 0 Å². The first-order chi connectivity index (χ1) is 9.74. The molecule has 2 heterocycles. The van der Waals surface area contributed by atoms with E-state index in [0.717, 1.165) is 24.0 Å². The number of benzene rings is 1. The molecule has 0 saturated carbocycles. The topological polar surface area (TPSA) is 57.4 Å². The second-order valence-corrected chi connectivity index (χ2v) is 5.15. The number of hydrogen-bond donors (Lipinski definition) is 2. The van der Waals surface area contributed by atoms with E-state index in [0.29, 0.717) is 18.8 Å². The number of amides is 1. The average molecular weight is 273 g/mol. The molecule has 106 valence electrons. The maximum absolute atomic E-state index is 12.4. The summed E-state index contributed by atoms with van der Waals surface area (Å²) in [5, 5.41) is 4.33. The van der Waals surface area contributed by atoms with Crippen LogP contribution in [0, 0.1) is 0 Å². The lowest BCUT2D eigenvalue weighted by atomic mass is 10.2. The Morgan fingerprint density at radius 2 is 2.30 bits per heavy atom. The first-order valence-electron chi connectivity index (χ1n) is 6.89. The molecule has 0 bridgehead atoms. The number of rotatable bonds is 3. The zero-order valence-corrected chi connectivity index (χ0v) is 11.6. The van der Waals surface area contributed by atoms with E-state index < -0.39 is 0 Å². The van der Waals surface area contributed by atoms with Crippen molar-refractivity contribution in [1.82, 2.24) is 15.2 Å². The highest BCUT2D eigenvalue weighted by molar-refractivity contribution is 5.97. The molecule has 5 nitrogen and oxygen atoms in total. The number of nitrogens with one attached hydrogen (secondary N) is 2. The SMILES string of the molecule is CN(CC1CNCCO1)C(=O)c1cc2ccccc2[nH]1. The Morgan fingerprint density at radius 3 is 3.05 bits per heavy atom. The molecule has 1 aromatic carbocycles. The van der Waals surface area contributed by atoms with Gasteiger partial charge in [0.25, 0.3) is 5.91 Å². The molecule has 0 aliphatic carbocycles. The highest BCUT2D eigenvalue weighted by Crippen LogP contribution is 2.16. The summed E-state index contributed by atoms with van der Waals surface area (Å²) in [6, 6.07) is 9.79. The third kappa shape index (κ3) is 2.69. The van der Waals surface area contributed by atoms with E-state index in [1.54, 1.807) is 4.90 Å². The lowest BCUT2D eigenvalue weighted by Gasteiger charge is -2.27. The van der Waals surface area contributed by atoms with Gasteiger partial charge in [0.05, 0.1) is 12.7 Å². The molecule has 5 heteroatoms. The maximum atomic E-state index is 12.4. The van der Waals surface area contributed by atoms with Gasteiger partial charge in [-0.15, -0.1) is 0 Å². The Labute approximate surface area is 117 Å². The van der Waals surface area contributed by atoms with Crippen LogP contribution in [0.1, 0.15) is 10.5 Å². The molecule has 1 atom stereocenters. The van der Waals surface area contributed by atoms with Crippen molar-refractivity contribution in [1.29, 1.82) is 0 Å². The van der Waals surface area contributed by atoms with E-state index in [2.05, 4.69) is 10.3 Å². The zero-order chi connectivity index (χ0) is 13.9. The Kier molecular flexibility index (Phi) is 3.71. The van der Waals surface area contributed by atoms with Gasteiger partial charge in [0.2, 0.25) is 0 Å². The Bertz CT molecular complexity index is 569. The Morgan fingerprint density at radius 1 is 1.45 bits per heavy atom. The molecule has 2 N–H and O–H groups in total. The van der Waals surface area contributed by atoms with Gasteiger partial charge in [-0.25, -0.2) is 0 Å². The van der Waals surface area contributed by atoms with E-state index in [1.807, 2.05) is 37.4 Å². The number of carbonyl (C=O) groups excluding carboxylic acids is 1. The van der Waals surface area contributed by atoms with Crippen molar-refractivity contribution in [3.8, 4) is 0 Å². The summed E-state index contributed by atoms with van der Waals surface area (Å²) in [6.45, 7) is 2.99. The molecule has 2 aromatic rings. The molecule has 1 aliphatic heterocycles. The van der Waals surface area contributed by atoms with E-state index in [-0.39, 0.29) is 12.0 Å². The van der Waals surface area contributed by atoms with Crippen molar-refractivity contribution in [3.05, 3.63) is 36.0 Å². The van der Waals surface area contributed by atoms with Gasteiger partial charge in [-0.05, 0) is 12.1 Å². The second-order valence-electron chi connectivity index (χ2n) is 5.15. The van der Waals surface area contributed by atoms with Gasteiger partial charge in [0.15, 0.2) is 0 Å². The van der Waals surface area contributed by atoms with Crippen LogP contribution in [0.3, 0.4) is 0 Å². The van der Waals surface area contributed by atoms with Gasteiger partial charge in [-0.1, -0.05) is 18.2 Å². The molecule has 1 aliphatic rings. The standard InChI is InChI=1S/C15H19N3O2/c1-18(10-12-9-16-6-7-20-12)15(19)14-8-11-4-2-3-5-13(11)17-14/h2-5,8,12,16-17H,6-7,9-10H2,1H3. The number of H-pyrrole nitrogens is 1. The van der Waals surface area contributed by atoms with Gasteiger partial charge >= 0.3 is 0 Å². The summed E-state index contributed by atoms with van der Waals surface area (Å²) in [5.41, 5.74) is 1.61. The predicted molar refractivity (Wildman–Crippen MR) is 77.9 cm³/mol. The van der Waals surface area contributed by atoms with Crippen LogP contribution < -0.4 is 5.32 Å². The summed E-state index contributed by atoms with van der Waals surface area (Å²) >= 11 is 0. The van der Waals surface area contributed by atoms with E-state index in [9.17, 15) is 4.79 Å². The van der Waals surface area contributed by atoms with Gasteiger partial charge in [-0.2, -0.15) is 0 Å². The average Bonchev–Trinajstić information content (AvgIpc) is 2.91. The minimum Gasteiger partial charge on any atom is -0.374 e. The minimum atomic E-state index is -0.00428. The molecule has 1 amide bonds. The largest absolute Gasteiger partial charge is 0.374 e. The number of hydrogen-bond acceptors (Lipinski definition) is 3. The summed E-state index contributed by atoms with van der Waals surface area (Å²) in [5.74, 6) is -0.00428. The lowest BCUT2D eigenvalue weighted by molar-refractivity contribution is 0.0103.